The number of ether oxygens (including phenoxy) is 6. The maximum atomic E-state index is 15.0. The molecule has 0 amide bonds. The molecule has 5 aliphatic carbocycles. The highest BCUT2D eigenvalue weighted by atomic mass is 16.6. The lowest BCUT2D eigenvalue weighted by Crippen LogP contribution is -2.80. The molecule has 6 fully saturated rings. The average molecular weight is 719 g/mol. The highest BCUT2D eigenvalue weighted by Crippen LogP contribution is 2.76. The third-order valence-electron chi connectivity index (χ3n) is 14.2. The lowest BCUT2D eigenvalue weighted by Gasteiger charge is -2.66. The molecule has 2 heterocycles. The van der Waals surface area contributed by atoms with Crippen molar-refractivity contribution < 1.29 is 72.5 Å². The largest absolute Gasteiger partial charge is 0.462 e. The molecular formula is C36H46O15. The molecule has 0 radical (unpaired) electrons. The molecule has 18 atom stereocenters. The molecule has 7 rings (SSSR count). The van der Waals surface area contributed by atoms with Crippen molar-refractivity contribution in [3.8, 4) is 0 Å². The Balaban J connectivity index is 1.55. The van der Waals surface area contributed by atoms with Gasteiger partial charge >= 0.3 is 29.8 Å². The van der Waals surface area contributed by atoms with Crippen molar-refractivity contribution in [1.82, 2.24) is 0 Å². The Bertz CT molecular complexity index is 1670. The number of fused-ring (bicyclic) bond motifs is 10. The van der Waals surface area contributed by atoms with Gasteiger partial charge in [-0.05, 0) is 31.8 Å². The van der Waals surface area contributed by atoms with E-state index in [1.54, 1.807) is 19.9 Å². The Kier molecular flexibility index (Phi) is 7.64. The van der Waals surface area contributed by atoms with Gasteiger partial charge in [0.05, 0.1) is 23.0 Å². The van der Waals surface area contributed by atoms with Crippen LogP contribution < -0.4 is 0 Å². The summed E-state index contributed by atoms with van der Waals surface area (Å²) in [5.74, 6) is -10.7. The summed E-state index contributed by atoms with van der Waals surface area (Å²) in [6.07, 6.45) is -7.41. The second-order valence-corrected chi connectivity index (χ2v) is 16.6. The molecule has 0 aromatic heterocycles. The van der Waals surface area contributed by atoms with Crippen molar-refractivity contribution in [2.75, 3.05) is 0 Å². The quantitative estimate of drug-likeness (QED) is 0.205. The summed E-state index contributed by atoms with van der Waals surface area (Å²) in [6.45, 7) is 12.6. The number of rotatable bonds is 4. The molecule has 15 nitrogen and oxygen atoms in total. The van der Waals surface area contributed by atoms with Gasteiger partial charge in [0, 0.05) is 63.2 Å². The summed E-state index contributed by atoms with van der Waals surface area (Å²) in [4.78, 5) is 79.8. The Morgan fingerprint density at radius 1 is 0.804 bits per heavy atom. The maximum Gasteiger partial charge on any atom is 0.343 e. The third kappa shape index (κ3) is 4.25. The summed E-state index contributed by atoms with van der Waals surface area (Å²) >= 11 is 0. The topological polar surface area (TPSA) is 222 Å². The summed E-state index contributed by atoms with van der Waals surface area (Å²) < 4.78 is 35.4. The van der Waals surface area contributed by atoms with Crippen LogP contribution in [0.25, 0.3) is 0 Å². The van der Waals surface area contributed by atoms with E-state index in [9.17, 15) is 44.1 Å². The number of hydrogen-bond acceptors (Lipinski definition) is 15. The number of allylic oxidation sites excluding steroid dienone is 1. The summed E-state index contributed by atoms with van der Waals surface area (Å²) in [5, 5.41) is 37.4. The first kappa shape index (κ1) is 36.0. The van der Waals surface area contributed by atoms with E-state index >= 15 is 0 Å². The van der Waals surface area contributed by atoms with E-state index < -0.39 is 141 Å². The van der Waals surface area contributed by atoms with Crippen LogP contribution >= 0.6 is 0 Å². The fraction of sp³-hybridized carbons (Fsp3) is 0.778. The zero-order chi connectivity index (χ0) is 37.7. The Hall–Kier alpha value is -3.40. The van der Waals surface area contributed by atoms with Gasteiger partial charge in [-0.3, -0.25) is 24.0 Å². The van der Waals surface area contributed by atoms with Crippen molar-refractivity contribution in [1.29, 1.82) is 0 Å². The smallest absolute Gasteiger partial charge is 0.343 e. The predicted octanol–water partition coefficient (Wildman–Crippen LogP) is 0.528. The van der Waals surface area contributed by atoms with E-state index in [4.69, 9.17) is 28.4 Å². The van der Waals surface area contributed by atoms with Crippen LogP contribution in [0.5, 0.6) is 0 Å². The van der Waals surface area contributed by atoms with Gasteiger partial charge in [0.2, 0.25) is 5.78 Å². The lowest BCUT2D eigenvalue weighted by atomic mass is 9.40. The van der Waals surface area contributed by atoms with Gasteiger partial charge in [-0.15, -0.1) is 0 Å². The summed E-state index contributed by atoms with van der Waals surface area (Å²) in [5.41, 5.74) is -9.34. The minimum atomic E-state index is -2.39. The number of aliphatic hydroxyl groups excluding tert-OH is 1. The first-order valence-electron chi connectivity index (χ1n) is 17.5. The predicted molar refractivity (Wildman–Crippen MR) is 167 cm³/mol. The normalized spacial score (nSPS) is 53.0. The molecule has 3 N–H and O–H groups in total. The number of ketones is 1. The Labute approximate surface area is 294 Å². The van der Waals surface area contributed by atoms with Gasteiger partial charge in [0.25, 0.3) is 0 Å². The van der Waals surface area contributed by atoms with Crippen LogP contribution in [0.4, 0.5) is 0 Å². The standard InChI is InChI=1S/C36H46O15/c1-12-10-18-33(7,35(9,44)31(43)51-18)23-20(12)32(6)21(26(23)47-14(3)38)19-22(27(28(32)41)48-15(4)39)34(8)30(49-16(5)40)24-17(50-24)11-36(34,45)29(42)25(19)46-13(2)37/h10,12,17,19-28,30,41,44-45H,11H2,1-9H3/t12-,17+,19+,20+,21-,22-,23+,24+,25-,26-,27+,28+,30+,32-,33+,34+,35-,36-/m1/s1. The zero-order valence-corrected chi connectivity index (χ0v) is 30.0. The molecule has 7 aliphatic rings. The van der Waals surface area contributed by atoms with Crippen molar-refractivity contribution in [2.24, 2.45) is 51.8 Å². The fourth-order valence-corrected chi connectivity index (χ4v) is 12.2. The van der Waals surface area contributed by atoms with E-state index in [-0.39, 0.29) is 12.2 Å². The third-order valence-corrected chi connectivity index (χ3v) is 14.2. The molecule has 0 spiro atoms. The molecule has 2 saturated heterocycles. The van der Waals surface area contributed by atoms with Crippen LogP contribution in [0.1, 0.15) is 68.7 Å². The fourth-order valence-electron chi connectivity index (χ4n) is 12.2. The monoisotopic (exact) mass is 718 g/mol. The summed E-state index contributed by atoms with van der Waals surface area (Å²) in [7, 11) is 0. The minimum absolute atomic E-state index is 0.157. The average Bonchev–Trinajstić information content (AvgIpc) is 3.67. The minimum Gasteiger partial charge on any atom is -0.462 e. The number of hydrogen-bond donors (Lipinski definition) is 3. The molecule has 0 unspecified atom stereocenters. The van der Waals surface area contributed by atoms with Gasteiger partial charge in [-0.25, -0.2) is 4.79 Å². The second-order valence-electron chi connectivity index (χ2n) is 16.6. The van der Waals surface area contributed by atoms with Crippen LogP contribution in [-0.2, 0) is 57.2 Å². The van der Waals surface area contributed by atoms with E-state index in [0.29, 0.717) is 0 Å². The van der Waals surface area contributed by atoms with Crippen molar-refractivity contribution in [2.45, 2.75) is 123 Å². The molecule has 15 heteroatoms. The van der Waals surface area contributed by atoms with Gasteiger partial charge in [-0.1, -0.05) is 20.8 Å². The van der Waals surface area contributed by atoms with E-state index in [1.165, 1.54) is 20.8 Å². The second kappa shape index (κ2) is 10.8. The number of carbonyl (C=O) groups excluding carboxylic acids is 6. The van der Waals surface area contributed by atoms with Gasteiger partial charge in [0.15, 0.2) is 11.7 Å². The van der Waals surface area contributed by atoms with Crippen molar-refractivity contribution >= 4 is 35.6 Å². The van der Waals surface area contributed by atoms with Gasteiger partial charge in [-0.2, -0.15) is 0 Å². The number of Topliss-reactive ketones (excluding diaryl/α,β-unsaturated/α-hetero) is 1. The first-order chi connectivity index (χ1) is 23.5. The van der Waals surface area contributed by atoms with Crippen molar-refractivity contribution in [3.63, 3.8) is 0 Å². The number of aliphatic hydroxyl groups is 3. The highest BCUT2D eigenvalue weighted by molar-refractivity contribution is 5.95. The van der Waals surface area contributed by atoms with Gasteiger partial charge in [0.1, 0.15) is 35.8 Å². The highest BCUT2D eigenvalue weighted by Gasteiger charge is 2.86. The Morgan fingerprint density at radius 3 is 1.94 bits per heavy atom. The SMILES string of the molecule is CC(=O)O[C@@H]1[C@H]2[C@H]3[C@H]([C@H](OC(C)=O)[C@H](O)[C@]2(C)[C@@H]2[C@@H]1[C@]1(C)C(=C[C@H]2C)OC(=O)[C@@]1(C)O)[C@@]1(C)[C@@H](OC(C)=O)[C@H]2O[C@H]2C[C@@]1(O)C(=O)[C@@H]3OC(C)=O. The van der Waals surface area contributed by atoms with Crippen molar-refractivity contribution in [3.05, 3.63) is 11.8 Å². The molecular weight excluding hydrogens is 672 g/mol. The summed E-state index contributed by atoms with van der Waals surface area (Å²) in [6, 6.07) is 0. The molecule has 2 aliphatic heterocycles. The number of carbonyl (C=O) groups is 6. The van der Waals surface area contributed by atoms with Crippen LogP contribution in [0.15, 0.2) is 11.8 Å². The van der Waals surface area contributed by atoms with E-state index in [0.717, 1.165) is 20.8 Å². The maximum absolute atomic E-state index is 15.0. The van der Waals surface area contributed by atoms with Crippen LogP contribution in [-0.4, -0.2) is 105 Å². The molecule has 0 aromatic rings. The van der Waals surface area contributed by atoms with E-state index in [2.05, 4.69) is 0 Å². The zero-order valence-electron chi connectivity index (χ0n) is 30.0. The van der Waals surface area contributed by atoms with E-state index in [1.807, 2.05) is 6.92 Å². The lowest BCUT2D eigenvalue weighted by molar-refractivity contribution is -0.296. The Morgan fingerprint density at radius 2 is 1.37 bits per heavy atom. The van der Waals surface area contributed by atoms with Crippen LogP contribution in [0, 0.1) is 51.8 Å². The first-order valence-corrected chi connectivity index (χ1v) is 17.5. The van der Waals surface area contributed by atoms with Crippen LogP contribution in [0.2, 0.25) is 0 Å². The number of epoxide rings is 1. The van der Waals surface area contributed by atoms with Gasteiger partial charge < -0.3 is 43.7 Å². The molecule has 0 aromatic carbocycles. The molecule has 0 bridgehead atoms. The van der Waals surface area contributed by atoms with Crippen LogP contribution in [0.3, 0.4) is 0 Å². The molecule has 280 valence electrons. The molecule has 4 saturated carbocycles. The molecule has 51 heavy (non-hydrogen) atoms. The number of esters is 5.